The van der Waals surface area contributed by atoms with Crippen LogP contribution in [0.25, 0.3) is 0 Å². The van der Waals surface area contributed by atoms with Crippen LogP contribution in [-0.2, 0) is 44.0 Å². The third-order valence-corrected chi connectivity index (χ3v) is 6.85. The molecule has 0 saturated carbocycles. The van der Waals surface area contributed by atoms with Crippen LogP contribution in [0.15, 0.2) is 35.4 Å². The molecule has 1 amide bonds. The molecule has 2 N–H and O–H groups in total. The maximum Gasteiger partial charge on any atom is 0.530 e. The first-order valence-electron chi connectivity index (χ1n) is 11.0. The highest BCUT2D eigenvalue weighted by Crippen LogP contribution is 2.55. The highest BCUT2D eigenvalue weighted by molar-refractivity contribution is 7.49. The molecule has 1 fully saturated rings. The number of hydrogen-bond donors (Lipinski definition) is 1. The number of benzene rings is 1. The van der Waals surface area contributed by atoms with Gasteiger partial charge in [0.2, 0.25) is 0 Å². The van der Waals surface area contributed by atoms with Gasteiger partial charge in [0.25, 0.3) is 11.5 Å². The lowest BCUT2D eigenvalue weighted by molar-refractivity contribution is -0.165. The van der Waals surface area contributed by atoms with Crippen molar-refractivity contribution in [1.29, 1.82) is 0 Å². The number of carbonyl (C=O) groups is 3. The van der Waals surface area contributed by atoms with Crippen LogP contribution in [0.4, 0.5) is 0 Å². The molecule has 15 heteroatoms. The van der Waals surface area contributed by atoms with Crippen LogP contribution < -0.4 is 15.8 Å². The molecule has 1 aromatic carbocycles. The van der Waals surface area contributed by atoms with Gasteiger partial charge in [-0.15, -0.1) is 0 Å². The molecule has 1 aromatic heterocycles. The maximum absolute atomic E-state index is 13.2. The highest BCUT2D eigenvalue weighted by Gasteiger charge is 2.51. The Morgan fingerprint density at radius 1 is 1.19 bits per heavy atom. The molecule has 4 rings (SSSR count). The van der Waals surface area contributed by atoms with E-state index in [1.54, 1.807) is 25.1 Å². The third kappa shape index (κ3) is 5.57. The number of amides is 1. The van der Waals surface area contributed by atoms with E-state index in [-0.39, 0.29) is 6.61 Å². The smallest absolute Gasteiger partial charge is 0.456 e. The number of nitrogens with zero attached hydrogens (tertiary/aromatic N) is 2. The summed E-state index contributed by atoms with van der Waals surface area (Å²) in [7, 11) is -4.12. The first kappa shape index (κ1) is 26.5. The summed E-state index contributed by atoms with van der Waals surface area (Å²) in [6, 6.07) is 5.32. The Labute approximate surface area is 210 Å². The van der Waals surface area contributed by atoms with Gasteiger partial charge in [-0.25, -0.2) is 9.55 Å². The van der Waals surface area contributed by atoms with E-state index in [1.165, 1.54) is 6.20 Å². The number of carbonyl (C=O) groups excluding carboxylic acids is 3. The Morgan fingerprint density at radius 2 is 1.89 bits per heavy atom. The van der Waals surface area contributed by atoms with Gasteiger partial charge in [0.1, 0.15) is 11.9 Å². The van der Waals surface area contributed by atoms with Gasteiger partial charge in [0.05, 0.1) is 13.2 Å². The Bertz CT molecular complexity index is 1340. The Hall–Kier alpha value is -3.58. The number of phosphoric ester groups is 1. The summed E-state index contributed by atoms with van der Waals surface area (Å²) in [5.41, 5.74) is 5.10. The number of aryl methyl sites for hydroxylation is 1. The van der Waals surface area contributed by atoms with Crippen LogP contribution in [-0.4, -0.2) is 52.3 Å². The zero-order valence-corrected chi connectivity index (χ0v) is 20.9. The second kappa shape index (κ2) is 10.4. The first-order chi connectivity index (χ1) is 17.5. The monoisotopic (exact) mass is 537 g/mol. The van der Waals surface area contributed by atoms with E-state index >= 15 is 0 Å². The third-order valence-electron chi connectivity index (χ3n) is 5.54. The summed E-state index contributed by atoms with van der Waals surface area (Å²) in [6.45, 7) is 3.46. The molecule has 37 heavy (non-hydrogen) atoms. The van der Waals surface area contributed by atoms with Crippen molar-refractivity contribution in [3.05, 3.63) is 57.8 Å². The van der Waals surface area contributed by atoms with Crippen LogP contribution >= 0.6 is 7.82 Å². The molecule has 198 valence electrons. The van der Waals surface area contributed by atoms with E-state index < -0.39 is 68.1 Å². The topological polar surface area (TPSA) is 185 Å². The average molecular weight is 537 g/mol. The van der Waals surface area contributed by atoms with Crippen LogP contribution in [0.5, 0.6) is 5.75 Å². The lowest BCUT2D eigenvalue weighted by atomic mass is 10.1. The Kier molecular flexibility index (Phi) is 7.46. The first-order valence-corrected chi connectivity index (χ1v) is 12.5. The van der Waals surface area contributed by atoms with Crippen molar-refractivity contribution in [2.24, 2.45) is 5.73 Å². The number of nitrogens with two attached hydrogens (primary N) is 1. The van der Waals surface area contributed by atoms with Gasteiger partial charge in [0, 0.05) is 31.8 Å². The predicted molar refractivity (Wildman–Crippen MR) is 122 cm³/mol. The summed E-state index contributed by atoms with van der Waals surface area (Å²) < 4.78 is 47.0. The van der Waals surface area contributed by atoms with Crippen molar-refractivity contribution in [3.8, 4) is 5.75 Å². The molecule has 1 unspecified atom stereocenters. The molecule has 2 aliphatic rings. The maximum atomic E-state index is 13.2. The van der Waals surface area contributed by atoms with E-state index in [9.17, 15) is 23.7 Å². The summed E-state index contributed by atoms with van der Waals surface area (Å²) in [5, 5.41) is 0. The second-order valence-corrected chi connectivity index (χ2v) is 9.83. The van der Waals surface area contributed by atoms with Crippen molar-refractivity contribution in [1.82, 2.24) is 9.55 Å². The zero-order valence-electron chi connectivity index (χ0n) is 20.0. The molecule has 1 saturated heterocycles. The van der Waals surface area contributed by atoms with E-state index in [4.69, 9.17) is 33.5 Å². The molecule has 14 nitrogen and oxygen atoms in total. The molecule has 0 bridgehead atoms. The SMILES string of the molecule is CC(=O)O[C@@H]1[C@H](OC(C)=O)[C@@H](COP2(=O)OCc3cccc(C)c3O2)O[C@H]1n1ccnc(C(N)=O)c1=O. The normalized spacial score (nSPS) is 26.6. The van der Waals surface area contributed by atoms with Crippen molar-refractivity contribution < 1.29 is 46.7 Å². The predicted octanol–water partition coefficient (Wildman–Crippen LogP) is 1.15. The number of rotatable bonds is 7. The number of fused-ring (bicyclic) bond motifs is 1. The standard InChI is InChI=1S/C22H24N3O11P/c1-11-5-4-6-14-9-31-37(30,36-17(11)14)32-10-15-18(33-12(2)26)19(34-13(3)27)22(35-15)25-8-7-24-16(20(23)28)21(25)29/h4-8,15,18-19,22H,9-10H2,1-3H3,(H2,23,28)/t15-,18-,19-,22-,37?/m1/s1. The molecule has 0 radical (unpaired) electrons. The van der Waals surface area contributed by atoms with Crippen molar-refractivity contribution in [2.45, 2.75) is 51.9 Å². The fraction of sp³-hybridized carbons (Fsp3) is 0.409. The second-order valence-electron chi connectivity index (χ2n) is 8.24. The van der Waals surface area contributed by atoms with Gasteiger partial charge in [0.15, 0.2) is 24.1 Å². The number of ether oxygens (including phenoxy) is 3. The van der Waals surface area contributed by atoms with Crippen LogP contribution in [0.1, 0.15) is 41.7 Å². The van der Waals surface area contributed by atoms with Crippen LogP contribution in [0.2, 0.25) is 0 Å². The number of esters is 2. The largest absolute Gasteiger partial charge is 0.530 e. The van der Waals surface area contributed by atoms with Crippen molar-refractivity contribution in [2.75, 3.05) is 6.61 Å². The fourth-order valence-electron chi connectivity index (χ4n) is 3.98. The molecule has 2 aliphatic heterocycles. The quantitative estimate of drug-likeness (QED) is 0.393. The minimum absolute atomic E-state index is 0.0335. The van der Waals surface area contributed by atoms with Crippen molar-refractivity contribution >= 4 is 25.7 Å². The lowest BCUT2D eigenvalue weighted by Gasteiger charge is -2.27. The summed E-state index contributed by atoms with van der Waals surface area (Å²) in [5.74, 6) is -2.25. The Morgan fingerprint density at radius 3 is 2.57 bits per heavy atom. The van der Waals surface area contributed by atoms with Crippen molar-refractivity contribution in [3.63, 3.8) is 0 Å². The van der Waals surface area contributed by atoms with Gasteiger partial charge in [-0.05, 0) is 12.5 Å². The van der Waals surface area contributed by atoms with Gasteiger partial charge < -0.3 is 24.5 Å². The van der Waals surface area contributed by atoms with Gasteiger partial charge >= 0.3 is 19.8 Å². The number of phosphoric acid groups is 1. The lowest BCUT2D eigenvalue weighted by Crippen LogP contribution is -2.42. The molecular formula is C22H24N3O11P. The molecule has 5 atom stereocenters. The minimum atomic E-state index is -4.12. The van der Waals surface area contributed by atoms with Crippen LogP contribution in [0.3, 0.4) is 0 Å². The zero-order chi connectivity index (χ0) is 26.9. The van der Waals surface area contributed by atoms with E-state index in [2.05, 4.69) is 4.98 Å². The minimum Gasteiger partial charge on any atom is -0.456 e. The number of primary amides is 1. The molecule has 0 aliphatic carbocycles. The average Bonchev–Trinajstić information content (AvgIpc) is 3.14. The number of para-hydroxylation sites is 1. The van der Waals surface area contributed by atoms with Gasteiger partial charge in [-0.2, -0.15) is 0 Å². The summed E-state index contributed by atoms with van der Waals surface area (Å²) >= 11 is 0. The van der Waals surface area contributed by atoms with E-state index in [0.717, 1.165) is 30.2 Å². The fourth-order valence-corrected chi connectivity index (χ4v) is 5.28. The van der Waals surface area contributed by atoms with E-state index in [1.807, 2.05) is 0 Å². The summed E-state index contributed by atoms with van der Waals surface area (Å²) in [4.78, 5) is 51.8. The molecular weight excluding hydrogens is 513 g/mol. The summed E-state index contributed by atoms with van der Waals surface area (Å²) in [6.07, 6.45) is -2.93. The number of aromatic nitrogens is 2. The molecule has 3 heterocycles. The molecule has 0 spiro atoms. The number of hydrogen-bond acceptors (Lipinski definition) is 12. The van der Waals surface area contributed by atoms with Gasteiger partial charge in [-0.3, -0.25) is 32.8 Å². The van der Waals surface area contributed by atoms with Crippen LogP contribution in [0, 0.1) is 6.92 Å². The Balaban J connectivity index is 1.63. The van der Waals surface area contributed by atoms with Gasteiger partial charge in [-0.1, -0.05) is 18.2 Å². The molecule has 2 aromatic rings. The van der Waals surface area contributed by atoms with E-state index in [0.29, 0.717) is 11.3 Å². The highest BCUT2D eigenvalue weighted by atomic mass is 31.2.